The smallest absolute Gasteiger partial charge is 0.264 e. The summed E-state index contributed by atoms with van der Waals surface area (Å²) in [5.41, 5.74) is 1.79. The van der Waals surface area contributed by atoms with E-state index in [0.717, 1.165) is 15.4 Å². The van der Waals surface area contributed by atoms with Gasteiger partial charge >= 0.3 is 0 Å². The van der Waals surface area contributed by atoms with Crippen molar-refractivity contribution in [2.24, 2.45) is 0 Å². The molecule has 1 N–H and O–H groups in total. The van der Waals surface area contributed by atoms with Crippen LogP contribution in [0.1, 0.15) is 31.9 Å². The van der Waals surface area contributed by atoms with Gasteiger partial charge in [0.15, 0.2) is 0 Å². The van der Waals surface area contributed by atoms with Crippen LogP contribution in [0.4, 0.5) is 5.69 Å². The highest BCUT2D eigenvalue weighted by atomic mass is 32.2. The van der Waals surface area contributed by atoms with Crippen LogP contribution in [0.2, 0.25) is 0 Å². The molecule has 1 atom stereocenters. The molecule has 2 amide bonds. The zero-order chi connectivity index (χ0) is 33.1. The highest BCUT2D eigenvalue weighted by molar-refractivity contribution is 7.92. The Morgan fingerprint density at radius 1 is 0.826 bits per heavy atom. The third kappa shape index (κ3) is 8.66. The summed E-state index contributed by atoms with van der Waals surface area (Å²) in [5.74, 6) is 0.000786. The summed E-state index contributed by atoms with van der Waals surface area (Å²) in [6.07, 6.45) is 0.218. The second kappa shape index (κ2) is 15.9. The molecule has 0 spiro atoms. The number of anilines is 1. The van der Waals surface area contributed by atoms with Gasteiger partial charge in [-0.1, -0.05) is 72.8 Å². The second-order valence-corrected chi connectivity index (χ2v) is 12.8. The van der Waals surface area contributed by atoms with Gasteiger partial charge in [-0.3, -0.25) is 13.9 Å². The number of ether oxygens (including phenoxy) is 2. The minimum Gasteiger partial charge on any atom is -0.497 e. The summed E-state index contributed by atoms with van der Waals surface area (Å²) >= 11 is 0. The maximum Gasteiger partial charge on any atom is 0.264 e. The van der Waals surface area contributed by atoms with E-state index in [1.807, 2.05) is 56.3 Å². The number of rotatable bonds is 15. The number of hydrogen-bond donors (Lipinski definition) is 1. The van der Waals surface area contributed by atoms with Crippen molar-refractivity contribution in [3.8, 4) is 11.5 Å². The molecule has 4 aromatic rings. The molecule has 242 valence electrons. The standard InChI is InChI=1S/C36H41N3O6S/c1-5-45-34-22-13-12-21-32(34)39(46(42,43)31-19-10-7-11-20-31)26-35(40)38(25-29-17-14-18-30(23-29)44-4)33(36(41)37-27(2)3)24-28-15-8-6-9-16-28/h6-23,27,33H,5,24-26H2,1-4H3,(H,37,41). The molecule has 0 saturated carbocycles. The molecule has 0 aliphatic heterocycles. The Morgan fingerprint density at radius 3 is 2.11 bits per heavy atom. The Kier molecular flexibility index (Phi) is 11.8. The first-order valence-corrected chi connectivity index (χ1v) is 16.6. The van der Waals surface area contributed by atoms with Crippen LogP contribution in [-0.2, 0) is 32.6 Å². The Hall–Kier alpha value is -4.83. The van der Waals surface area contributed by atoms with Gasteiger partial charge < -0.3 is 19.7 Å². The number of nitrogens with zero attached hydrogens (tertiary/aromatic N) is 2. The SMILES string of the molecule is CCOc1ccccc1N(CC(=O)N(Cc1cccc(OC)c1)C(Cc1ccccc1)C(=O)NC(C)C)S(=O)(=O)c1ccccc1. The number of benzene rings is 4. The van der Waals surface area contributed by atoms with Crippen molar-refractivity contribution in [3.05, 3.63) is 120 Å². The lowest BCUT2D eigenvalue weighted by molar-refractivity contribution is -0.140. The zero-order valence-electron chi connectivity index (χ0n) is 26.6. The molecule has 0 bridgehead atoms. The normalized spacial score (nSPS) is 11.8. The van der Waals surface area contributed by atoms with E-state index < -0.39 is 28.5 Å². The van der Waals surface area contributed by atoms with Crippen molar-refractivity contribution in [3.63, 3.8) is 0 Å². The first-order chi connectivity index (χ1) is 22.1. The van der Waals surface area contributed by atoms with E-state index in [-0.39, 0.29) is 35.5 Å². The monoisotopic (exact) mass is 643 g/mol. The van der Waals surface area contributed by atoms with E-state index in [2.05, 4.69) is 5.32 Å². The third-order valence-electron chi connectivity index (χ3n) is 7.23. The molecule has 9 nitrogen and oxygen atoms in total. The van der Waals surface area contributed by atoms with Gasteiger partial charge in [-0.25, -0.2) is 8.42 Å². The summed E-state index contributed by atoms with van der Waals surface area (Å²) in [7, 11) is -2.69. The van der Waals surface area contributed by atoms with Crippen molar-refractivity contribution < 1.29 is 27.5 Å². The Labute approximate surface area is 271 Å². The van der Waals surface area contributed by atoms with Crippen LogP contribution in [0.5, 0.6) is 11.5 Å². The summed E-state index contributed by atoms with van der Waals surface area (Å²) in [6, 6.07) is 30.2. The number of amides is 2. The van der Waals surface area contributed by atoms with E-state index in [1.165, 1.54) is 17.0 Å². The number of carbonyl (C=O) groups excluding carboxylic acids is 2. The molecule has 1 unspecified atom stereocenters. The van der Waals surface area contributed by atoms with Crippen molar-refractivity contribution in [1.29, 1.82) is 0 Å². The Bertz CT molecular complexity index is 1700. The van der Waals surface area contributed by atoms with Gasteiger partial charge in [0.2, 0.25) is 11.8 Å². The number of methoxy groups -OCH3 is 1. The molecule has 46 heavy (non-hydrogen) atoms. The van der Waals surface area contributed by atoms with Gasteiger partial charge in [0.1, 0.15) is 24.1 Å². The highest BCUT2D eigenvalue weighted by Crippen LogP contribution is 2.33. The maximum absolute atomic E-state index is 14.6. The van der Waals surface area contributed by atoms with E-state index >= 15 is 0 Å². The molecule has 0 aliphatic carbocycles. The van der Waals surface area contributed by atoms with Gasteiger partial charge in [-0.15, -0.1) is 0 Å². The summed E-state index contributed by atoms with van der Waals surface area (Å²) in [6.45, 7) is 5.25. The first-order valence-electron chi connectivity index (χ1n) is 15.2. The van der Waals surface area contributed by atoms with Crippen molar-refractivity contribution >= 4 is 27.5 Å². The summed E-state index contributed by atoms with van der Waals surface area (Å²) < 4.78 is 40.8. The minimum atomic E-state index is -4.25. The predicted molar refractivity (Wildman–Crippen MR) is 179 cm³/mol. The zero-order valence-corrected chi connectivity index (χ0v) is 27.4. The largest absolute Gasteiger partial charge is 0.497 e. The number of nitrogens with one attached hydrogen (secondary N) is 1. The average molecular weight is 644 g/mol. The maximum atomic E-state index is 14.6. The number of carbonyl (C=O) groups is 2. The molecule has 0 heterocycles. The minimum absolute atomic E-state index is 0.0202. The molecule has 4 rings (SSSR count). The summed E-state index contributed by atoms with van der Waals surface area (Å²) in [5, 5.41) is 2.96. The van der Waals surface area contributed by atoms with Crippen LogP contribution in [0, 0.1) is 0 Å². The Balaban J connectivity index is 1.84. The van der Waals surface area contributed by atoms with E-state index in [4.69, 9.17) is 9.47 Å². The van der Waals surface area contributed by atoms with Crippen LogP contribution in [-0.4, -0.2) is 57.5 Å². The van der Waals surface area contributed by atoms with Gasteiger partial charge in [0.25, 0.3) is 10.0 Å². The van der Waals surface area contributed by atoms with Gasteiger partial charge in [-0.2, -0.15) is 0 Å². The van der Waals surface area contributed by atoms with Crippen LogP contribution < -0.4 is 19.1 Å². The lowest BCUT2D eigenvalue weighted by atomic mass is 10.0. The molecule has 0 saturated heterocycles. The lowest BCUT2D eigenvalue weighted by Gasteiger charge is -2.34. The fourth-order valence-corrected chi connectivity index (χ4v) is 6.52. The predicted octanol–water partition coefficient (Wildman–Crippen LogP) is 5.45. The van der Waals surface area contributed by atoms with E-state index in [0.29, 0.717) is 18.1 Å². The van der Waals surface area contributed by atoms with Gasteiger partial charge in [0, 0.05) is 19.0 Å². The third-order valence-corrected chi connectivity index (χ3v) is 9.01. The fraction of sp³-hybridized carbons (Fsp3) is 0.278. The van der Waals surface area contributed by atoms with Gasteiger partial charge in [0.05, 0.1) is 24.3 Å². The van der Waals surface area contributed by atoms with Crippen LogP contribution >= 0.6 is 0 Å². The van der Waals surface area contributed by atoms with Crippen LogP contribution in [0.15, 0.2) is 114 Å². The van der Waals surface area contributed by atoms with Crippen molar-refractivity contribution in [1.82, 2.24) is 10.2 Å². The second-order valence-electron chi connectivity index (χ2n) is 11.0. The molecule has 0 fully saturated rings. The number of para-hydroxylation sites is 2. The van der Waals surface area contributed by atoms with E-state index in [1.54, 1.807) is 68.6 Å². The topological polar surface area (TPSA) is 105 Å². The molecule has 0 aromatic heterocycles. The summed E-state index contributed by atoms with van der Waals surface area (Å²) in [4.78, 5) is 29.9. The first kappa shape index (κ1) is 34.1. The van der Waals surface area contributed by atoms with Crippen LogP contribution in [0.3, 0.4) is 0 Å². The molecular weight excluding hydrogens is 602 g/mol. The number of hydrogen-bond acceptors (Lipinski definition) is 6. The van der Waals surface area contributed by atoms with Crippen LogP contribution in [0.25, 0.3) is 0 Å². The Morgan fingerprint density at radius 2 is 1.46 bits per heavy atom. The number of sulfonamides is 1. The average Bonchev–Trinajstić information content (AvgIpc) is 3.06. The molecule has 0 aliphatic rings. The quantitative estimate of drug-likeness (QED) is 0.185. The highest BCUT2D eigenvalue weighted by Gasteiger charge is 2.35. The lowest BCUT2D eigenvalue weighted by Crippen LogP contribution is -2.54. The van der Waals surface area contributed by atoms with Crippen molar-refractivity contribution in [2.75, 3.05) is 24.6 Å². The molecule has 4 aromatic carbocycles. The van der Waals surface area contributed by atoms with Crippen molar-refractivity contribution in [2.45, 2.75) is 50.7 Å². The molecular formula is C36H41N3O6S. The van der Waals surface area contributed by atoms with Gasteiger partial charge in [-0.05, 0) is 68.3 Å². The fourth-order valence-electron chi connectivity index (χ4n) is 5.08. The molecule has 0 radical (unpaired) electrons. The molecule has 10 heteroatoms. The van der Waals surface area contributed by atoms with E-state index in [9.17, 15) is 18.0 Å².